The van der Waals surface area contributed by atoms with Gasteiger partial charge in [0.1, 0.15) is 0 Å². The predicted molar refractivity (Wildman–Crippen MR) is 79.5 cm³/mol. The van der Waals surface area contributed by atoms with Crippen LogP contribution in [-0.4, -0.2) is 5.91 Å². The van der Waals surface area contributed by atoms with E-state index in [1.165, 1.54) is 0 Å². The van der Waals surface area contributed by atoms with Gasteiger partial charge in [-0.3, -0.25) is 4.79 Å². The molecule has 1 amide bonds. The van der Waals surface area contributed by atoms with Crippen molar-refractivity contribution < 1.29 is 4.79 Å². The van der Waals surface area contributed by atoms with E-state index in [1.807, 2.05) is 39.0 Å². The Kier molecular flexibility index (Phi) is 3.56. The van der Waals surface area contributed by atoms with E-state index in [4.69, 9.17) is 5.73 Å². The molecule has 0 aliphatic heterocycles. The lowest BCUT2D eigenvalue weighted by Crippen LogP contribution is -2.14. The number of hydrogen-bond acceptors (Lipinski definition) is 2. The Morgan fingerprint density at radius 3 is 2.21 bits per heavy atom. The Bertz CT molecular complexity index is 612. The zero-order valence-electron chi connectivity index (χ0n) is 11.4. The first-order valence-corrected chi connectivity index (χ1v) is 6.22. The second kappa shape index (κ2) is 5.14. The summed E-state index contributed by atoms with van der Waals surface area (Å²) in [6, 6.07) is 11.2. The minimum Gasteiger partial charge on any atom is -0.399 e. The molecular formula is C16H18N2O. The molecule has 0 aromatic heterocycles. The van der Waals surface area contributed by atoms with Crippen molar-refractivity contribution in [3.8, 4) is 0 Å². The maximum atomic E-state index is 12.2. The highest BCUT2D eigenvalue weighted by atomic mass is 16.1. The topological polar surface area (TPSA) is 55.1 Å². The molecule has 0 atom stereocenters. The molecule has 2 aromatic carbocycles. The van der Waals surface area contributed by atoms with E-state index in [2.05, 4.69) is 5.32 Å². The first-order valence-electron chi connectivity index (χ1n) is 6.22. The third-order valence-corrected chi connectivity index (χ3v) is 3.25. The molecule has 19 heavy (non-hydrogen) atoms. The zero-order valence-corrected chi connectivity index (χ0v) is 11.4. The van der Waals surface area contributed by atoms with Crippen molar-refractivity contribution in [3.05, 3.63) is 58.7 Å². The van der Waals surface area contributed by atoms with Crippen LogP contribution >= 0.6 is 0 Å². The van der Waals surface area contributed by atoms with Crippen LogP contribution in [0.2, 0.25) is 0 Å². The van der Waals surface area contributed by atoms with Crippen molar-refractivity contribution >= 4 is 17.3 Å². The molecule has 0 spiro atoms. The number of hydrogen-bond donors (Lipinski definition) is 2. The number of anilines is 2. The number of nitrogen functional groups attached to an aromatic ring is 1. The normalized spacial score (nSPS) is 10.3. The average Bonchev–Trinajstić information content (AvgIpc) is 2.37. The molecule has 3 nitrogen and oxygen atoms in total. The van der Waals surface area contributed by atoms with Crippen LogP contribution < -0.4 is 11.1 Å². The number of carbonyl (C=O) groups excluding carboxylic acids is 1. The Morgan fingerprint density at radius 1 is 1.00 bits per heavy atom. The maximum absolute atomic E-state index is 12.2. The molecule has 0 aliphatic rings. The number of carbonyl (C=O) groups is 1. The van der Waals surface area contributed by atoms with E-state index >= 15 is 0 Å². The summed E-state index contributed by atoms with van der Waals surface area (Å²) in [5.41, 5.74) is 11.0. The minimum absolute atomic E-state index is 0.111. The molecule has 0 fully saturated rings. The van der Waals surface area contributed by atoms with Crippen LogP contribution in [0.25, 0.3) is 0 Å². The number of aryl methyl sites for hydroxylation is 3. The number of rotatable bonds is 2. The quantitative estimate of drug-likeness (QED) is 0.806. The van der Waals surface area contributed by atoms with Crippen LogP contribution in [-0.2, 0) is 0 Å². The molecular weight excluding hydrogens is 236 g/mol. The number of nitrogens with one attached hydrogen (secondary N) is 1. The third kappa shape index (κ3) is 2.76. The molecule has 0 bridgehead atoms. The van der Waals surface area contributed by atoms with Gasteiger partial charge in [0.2, 0.25) is 0 Å². The van der Waals surface area contributed by atoms with Crippen molar-refractivity contribution in [1.29, 1.82) is 0 Å². The van der Waals surface area contributed by atoms with Gasteiger partial charge in [0.15, 0.2) is 0 Å². The summed E-state index contributed by atoms with van der Waals surface area (Å²) in [6.45, 7) is 5.86. The van der Waals surface area contributed by atoms with Gasteiger partial charge in [-0.1, -0.05) is 18.2 Å². The van der Waals surface area contributed by atoms with Crippen LogP contribution in [0.3, 0.4) is 0 Å². The number of nitrogens with two attached hydrogens (primary N) is 1. The fourth-order valence-corrected chi connectivity index (χ4v) is 2.01. The van der Waals surface area contributed by atoms with Crippen molar-refractivity contribution in [2.75, 3.05) is 11.1 Å². The van der Waals surface area contributed by atoms with E-state index in [1.54, 1.807) is 18.2 Å². The van der Waals surface area contributed by atoms with Gasteiger partial charge < -0.3 is 11.1 Å². The van der Waals surface area contributed by atoms with Crippen LogP contribution in [0.1, 0.15) is 27.0 Å². The summed E-state index contributed by atoms with van der Waals surface area (Å²) >= 11 is 0. The van der Waals surface area contributed by atoms with E-state index < -0.39 is 0 Å². The Balaban J connectivity index is 2.28. The van der Waals surface area contributed by atoms with Crippen LogP contribution in [0.15, 0.2) is 36.4 Å². The Hall–Kier alpha value is -2.29. The molecule has 0 unspecified atom stereocenters. The molecule has 98 valence electrons. The highest BCUT2D eigenvalue weighted by molar-refractivity contribution is 6.05. The molecule has 2 aromatic rings. The fraction of sp³-hybridized carbons (Fsp3) is 0.188. The summed E-state index contributed by atoms with van der Waals surface area (Å²) in [6.07, 6.45) is 0. The summed E-state index contributed by atoms with van der Waals surface area (Å²) in [4.78, 5) is 12.2. The van der Waals surface area contributed by atoms with Crippen molar-refractivity contribution in [3.63, 3.8) is 0 Å². The lowest BCUT2D eigenvalue weighted by atomic mass is 10.1. The minimum atomic E-state index is -0.111. The number of amides is 1. The van der Waals surface area contributed by atoms with Crippen LogP contribution in [0.5, 0.6) is 0 Å². The van der Waals surface area contributed by atoms with Crippen molar-refractivity contribution in [1.82, 2.24) is 0 Å². The highest BCUT2D eigenvalue weighted by Crippen LogP contribution is 2.21. The van der Waals surface area contributed by atoms with Gasteiger partial charge in [-0.05, 0) is 55.7 Å². The third-order valence-electron chi connectivity index (χ3n) is 3.25. The summed E-state index contributed by atoms with van der Waals surface area (Å²) in [7, 11) is 0. The maximum Gasteiger partial charge on any atom is 0.255 e. The zero-order chi connectivity index (χ0) is 14.0. The van der Waals surface area contributed by atoms with Crippen LogP contribution in [0.4, 0.5) is 11.4 Å². The van der Waals surface area contributed by atoms with E-state index in [9.17, 15) is 4.79 Å². The summed E-state index contributed by atoms with van der Waals surface area (Å²) < 4.78 is 0. The molecule has 0 saturated carbocycles. The Labute approximate surface area is 113 Å². The summed E-state index contributed by atoms with van der Waals surface area (Å²) in [5, 5.41) is 2.96. The van der Waals surface area contributed by atoms with E-state index in [-0.39, 0.29) is 5.91 Å². The fourth-order valence-electron chi connectivity index (χ4n) is 2.01. The molecule has 0 radical (unpaired) electrons. The van der Waals surface area contributed by atoms with E-state index in [0.717, 1.165) is 22.4 Å². The number of para-hydroxylation sites is 1. The molecule has 0 heterocycles. The lowest BCUT2D eigenvalue weighted by molar-refractivity contribution is 0.102. The SMILES string of the molecule is Cc1cc(C(=O)Nc2c(C)cccc2C)ccc1N. The molecule has 2 rings (SSSR count). The Morgan fingerprint density at radius 2 is 1.63 bits per heavy atom. The lowest BCUT2D eigenvalue weighted by Gasteiger charge is -2.12. The second-order valence-corrected chi connectivity index (χ2v) is 4.79. The molecule has 3 heteroatoms. The summed E-state index contributed by atoms with van der Waals surface area (Å²) in [5.74, 6) is -0.111. The van der Waals surface area contributed by atoms with Gasteiger partial charge in [0.05, 0.1) is 0 Å². The monoisotopic (exact) mass is 254 g/mol. The second-order valence-electron chi connectivity index (χ2n) is 4.79. The average molecular weight is 254 g/mol. The van der Waals surface area contributed by atoms with Gasteiger partial charge in [-0.2, -0.15) is 0 Å². The van der Waals surface area contributed by atoms with Crippen molar-refractivity contribution in [2.45, 2.75) is 20.8 Å². The smallest absolute Gasteiger partial charge is 0.255 e. The molecule has 3 N–H and O–H groups in total. The van der Waals surface area contributed by atoms with Crippen LogP contribution in [0, 0.1) is 20.8 Å². The van der Waals surface area contributed by atoms with Crippen molar-refractivity contribution in [2.24, 2.45) is 0 Å². The first kappa shape index (κ1) is 13.1. The van der Waals surface area contributed by atoms with Gasteiger partial charge in [-0.25, -0.2) is 0 Å². The number of benzene rings is 2. The van der Waals surface area contributed by atoms with E-state index in [0.29, 0.717) is 11.3 Å². The predicted octanol–water partition coefficient (Wildman–Crippen LogP) is 3.45. The highest BCUT2D eigenvalue weighted by Gasteiger charge is 2.10. The molecule has 0 aliphatic carbocycles. The van der Waals surface area contributed by atoms with Gasteiger partial charge >= 0.3 is 0 Å². The molecule has 0 saturated heterocycles. The first-order chi connectivity index (χ1) is 8.99. The van der Waals surface area contributed by atoms with Gasteiger partial charge in [0, 0.05) is 16.9 Å². The standard InChI is InChI=1S/C16H18N2O/c1-10-5-4-6-11(2)15(10)18-16(19)13-7-8-14(17)12(3)9-13/h4-9H,17H2,1-3H3,(H,18,19). The van der Waals surface area contributed by atoms with Gasteiger partial charge in [0.25, 0.3) is 5.91 Å². The largest absolute Gasteiger partial charge is 0.399 e. The van der Waals surface area contributed by atoms with Gasteiger partial charge in [-0.15, -0.1) is 0 Å².